The Bertz CT molecular complexity index is 1200. The van der Waals surface area contributed by atoms with Crippen LogP contribution in [0.3, 0.4) is 0 Å². The van der Waals surface area contributed by atoms with E-state index in [0.717, 1.165) is 74.6 Å². The van der Waals surface area contributed by atoms with Gasteiger partial charge in [0.15, 0.2) is 5.60 Å². The van der Waals surface area contributed by atoms with Crippen molar-refractivity contribution in [2.45, 2.75) is 94.9 Å². The van der Waals surface area contributed by atoms with Gasteiger partial charge < -0.3 is 20.5 Å². The maximum atomic E-state index is 13.3. The Balaban J connectivity index is 1.09. The van der Waals surface area contributed by atoms with Gasteiger partial charge in [-0.1, -0.05) is 31.2 Å². The number of hydrogen-bond acceptors (Lipinski definition) is 5. The molecule has 0 radical (unpaired) electrons. The summed E-state index contributed by atoms with van der Waals surface area (Å²) in [5.74, 6) is -0.233. The molecular formula is C29H38N4O4. The summed E-state index contributed by atoms with van der Waals surface area (Å²) >= 11 is 0. The minimum Gasteiger partial charge on any atom is -0.379 e. The summed E-state index contributed by atoms with van der Waals surface area (Å²) in [4.78, 5) is 26.4. The van der Waals surface area contributed by atoms with E-state index in [4.69, 9.17) is 9.84 Å². The van der Waals surface area contributed by atoms with Crippen LogP contribution >= 0.6 is 0 Å². The van der Waals surface area contributed by atoms with Crippen LogP contribution in [0.1, 0.15) is 69.9 Å². The summed E-state index contributed by atoms with van der Waals surface area (Å²) in [5.41, 5.74) is 2.07. The summed E-state index contributed by atoms with van der Waals surface area (Å²) in [6, 6.07) is 8.30. The molecule has 5 aliphatic rings. The van der Waals surface area contributed by atoms with E-state index >= 15 is 0 Å². The molecule has 4 fully saturated rings. The average molecular weight is 507 g/mol. The quantitative estimate of drug-likeness (QED) is 0.536. The lowest BCUT2D eigenvalue weighted by molar-refractivity contribution is -0.166. The maximum Gasteiger partial charge on any atom is 0.254 e. The molecule has 3 saturated carbocycles. The van der Waals surface area contributed by atoms with Crippen molar-refractivity contribution < 1.29 is 19.4 Å². The van der Waals surface area contributed by atoms with Crippen molar-refractivity contribution in [3.63, 3.8) is 0 Å². The second-order valence-corrected chi connectivity index (χ2v) is 12.2. The fourth-order valence-electron chi connectivity index (χ4n) is 6.73. The molecule has 2 heterocycles. The highest BCUT2D eigenvalue weighted by Gasteiger charge is 2.53. The van der Waals surface area contributed by atoms with Crippen LogP contribution in [0, 0.1) is 5.41 Å². The van der Waals surface area contributed by atoms with Crippen LogP contribution in [0.5, 0.6) is 0 Å². The lowest BCUT2D eigenvalue weighted by Gasteiger charge is -2.55. The van der Waals surface area contributed by atoms with Crippen LogP contribution in [0.4, 0.5) is 0 Å². The third-order valence-electron chi connectivity index (χ3n) is 9.65. The Morgan fingerprint density at radius 2 is 1.65 bits per heavy atom. The Morgan fingerprint density at radius 1 is 1.03 bits per heavy atom. The van der Waals surface area contributed by atoms with Gasteiger partial charge in [-0.2, -0.15) is 5.10 Å². The van der Waals surface area contributed by atoms with E-state index in [-0.39, 0.29) is 34.9 Å². The van der Waals surface area contributed by atoms with Gasteiger partial charge in [-0.3, -0.25) is 14.3 Å². The fraction of sp³-hybridized carbons (Fsp3) is 0.621. The molecule has 1 aromatic carbocycles. The molecule has 1 aliphatic heterocycles. The Kier molecular flexibility index (Phi) is 5.77. The number of aromatic nitrogens is 2. The summed E-state index contributed by atoms with van der Waals surface area (Å²) < 4.78 is 7.07. The molecule has 2 bridgehead atoms. The third-order valence-corrected chi connectivity index (χ3v) is 9.65. The van der Waals surface area contributed by atoms with E-state index in [1.807, 2.05) is 19.2 Å². The summed E-state index contributed by atoms with van der Waals surface area (Å²) in [5, 5.41) is 22.6. The summed E-state index contributed by atoms with van der Waals surface area (Å²) in [6.45, 7) is 4.74. The van der Waals surface area contributed by atoms with Crippen LogP contribution in [0.25, 0.3) is 11.3 Å². The maximum absolute atomic E-state index is 13.3. The molecule has 3 N–H and O–H groups in total. The highest BCUT2D eigenvalue weighted by Crippen LogP contribution is 2.48. The smallest absolute Gasteiger partial charge is 0.254 e. The third kappa shape index (κ3) is 4.18. The van der Waals surface area contributed by atoms with E-state index in [9.17, 15) is 14.7 Å². The zero-order valence-corrected chi connectivity index (χ0v) is 21.9. The van der Waals surface area contributed by atoms with Gasteiger partial charge in [0.2, 0.25) is 5.91 Å². The highest BCUT2D eigenvalue weighted by atomic mass is 16.5. The number of carbonyl (C=O) groups is 2. The second-order valence-electron chi connectivity index (χ2n) is 12.2. The normalized spacial score (nSPS) is 28.8. The largest absolute Gasteiger partial charge is 0.379 e. The van der Waals surface area contributed by atoms with Crippen molar-refractivity contribution in [2.75, 3.05) is 13.2 Å². The van der Waals surface area contributed by atoms with Gasteiger partial charge in [-0.25, -0.2) is 0 Å². The lowest BCUT2D eigenvalue weighted by atomic mass is 9.61. The van der Waals surface area contributed by atoms with E-state index < -0.39 is 5.60 Å². The summed E-state index contributed by atoms with van der Waals surface area (Å²) in [6.07, 6.45) is 9.58. The minimum absolute atomic E-state index is 0.102. The van der Waals surface area contributed by atoms with Gasteiger partial charge in [0, 0.05) is 22.8 Å². The molecule has 37 heavy (non-hydrogen) atoms. The van der Waals surface area contributed by atoms with Crippen LogP contribution in [-0.4, -0.2) is 56.6 Å². The minimum atomic E-state index is -1.58. The number of hydrogen-bond donors (Lipinski definition) is 3. The zero-order chi connectivity index (χ0) is 25.9. The number of aryl methyl sites for hydroxylation is 2. The lowest BCUT2D eigenvalue weighted by Crippen LogP contribution is -2.67. The van der Waals surface area contributed by atoms with E-state index in [2.05, 4.69) is 28.8 Å². The number of aliphatic hydroxyl groups is 1. The zero-order valence-electron chi connectivity index (χ0n) is 21.9. The monoisotopic (exact) mass is 506 g/mol. The SMILES string of the molecule is CCC1(C(=O)NC23CCC(NC(=O)C(C)(O)Cn4cc5c(n4)-c4ccccc4CC5)(CC2)CC3)COC1. The molecule has 7 rings (SSSR count). The van der Waals surface area contributed by atoms with Gasteiger partial charge in [0.1, 0.15) is 0 Å². The molecule has 1 unspecified atom stereocenters. The van der Waals surface area contributed by atoms with Crippen LogP contribution in [0.15, 0.2) is 30.5 Å². The molecule has 1 atom stereocenters. The van der Waals surface area contributed by atoms with E-state index in [1.165, 1.54) is 5.56 Å². The predicted octanol–water partition coefficient (Wildman–Crippen LogP) is 2.90. The van der Waals surface area contributed by atoms with Crippen LogP contribution in [-0.2, 0) is 33.7 Å². The van der Waals surface area contributed by atoms with Gasteiger partial charge in [0.25, 0.3) is 5.91 Å². The van der Waals surface area contributed by atoms with Gasteiger partial charge in [-0.05, 0) is 75.8 Å². The molecule has 8 nitrogen and oxygen atoms in total. The Morgan fingerprint density at radius 3 is 2.27 bits per heavy atom. The van der Waals surface area contributed by atoms with Gasteiger partial charge in [0.05, 0.1) is 30.9 Å². The van der Waals surface area contributed by atoms with Crippen molar-refractivity contribution >= 4 is 11.8 Å². The first-order chi connectivity index (χ1) is 17.7. The number of rotatable bonds is 7. The molecular weight excluding hydrogens is 468 g/mol. The van der Waals surface area contributed by atoms with Crippen molar-refractivity contribution in [3.8, 4) is 11.3 Å². The molecule has 198 valence electrons. The van der Waals surface area contributed by atoms with Crippen molar-refractivity contribution in [1.82, 2.24) is 20.4 Å². The summed E-state index contributed by atoms with van der Waals surface area (Å²) in [7, 11) is 0. The molecule has 8 heteroatoms. The first-order valence-electron chi connectivity index (χ1n) is 13.8. The Labute approximate surface area is 218 Å². The van der Waals surface area contributed by atoms with E-state index in [1.54, 1.807) is 11.6 Å². The Hall–Kier alpha value is -2.71. The number of carbonyl (C=O) groups excluding carboxylic acids is 2. The first-order valence-corrected chi connectivity index (χ1v) is 13.8. The first kappa shape index (κ1) is 24.6. The number of amides is 2. The molecule has 1 saturated heterocycles. The second kappa shape index (κ2) is 8.67. The fourth-order valence-corrected chi connectivity index (χ4v) is 6.73. The van der Waals surface area contributed by atoms with Crippen molar-refractivity contribution in [1.29, 1.82) is 0 Å². The van der Waals surface area contributed by atoms with Crippen LogP contribution < -0.4 is 10.6 Å². The van der Waals surface area contributed by atoms with Gasteiger partial charge in [-0.15, -0.1) is 0 Å². The molecule has 2 aromatic rings. The molecule has 2 amide bonds. The average Bonchev–Trinajstić information content (AvgIpc) is 3.27. The number of nitrogens with one attached hydrogen (secondary N) is 2. The van der Waals surface area contributed by atoms with Crippen molar-refractivity contribution in [2.24, 2.45) is 5.41 Å². The standard InChI is InChI=1S/C29H38N4O4/c1-3-27(18-37-19-27)25(35)31-29-13-10-28(11-14-29,12-15-29)30-24(34)26(2,36)17-33-16-21-9-8-20-6-4-5-7-22(20)23(21)32-33/h4-7,16,36H,3,8-15,17-19H2,1-2H3,(H,30,34)(H,31,35). The molecule has 4 aliphatic carbocycles. The number of nitrogens with zero attached hydrogens (tertiary/aromatic N) is 2. The number of benzene rings is 1. The number of ether oxygens (including phenoxy) is 1. The topological polar surface area (TPSA) is 105 Å². The molecule has 0 spiro atoms. The van der Waals surface area contributed by atoms with Crippen molar-refractivity contribution in [3.05, 3.63) is 41.6 Å². The number of fused-ring (bicyclic) bond motifs is 6. The molecule has 1 aromatic heterocycles. The predicted molar refractivity (Wildman–Crippen MR) is 139 cm³/mol. The van der Waals surface area contributed by atoms with Gasteiger partial charge >= 0.3 is 0 Å². The van der Waals surface area contributed by atoms with Crippen LogP contribution in [0.2, 0.25) is 0 Å². The highest BCUT2D eigenvalue weighted by molar-refractivity contribution is 5.86. The van der Waals surface area contributed by atoms with E-state index in [0.29, 0.717) is 13.2 Å².